The Kier molecular flexibility index (Phi) is 2.05. The summed E-state index contributed by atoms with van der Waals surface area (Å²) in [4.78, 5) is 2.42. The highest BCUT2D eigenvalue weighted by molar-refractivity contribution is 5.38. The van der Waals surface area contributed by atoms with E-state index in [1.54, 1.807) is 11.1 Å². The first-order valence-corrected chi connectivity index (χ1v) is 4.85. The molecule has 1 aliphatic carbocycles. The molecule has 66 valence electrons. The molecule has 0 aromatic carbocycles. The summed E-state index contributed by atoms with van der Waals surface area (Å²) in [6.45, 7) is 4.72. The molecule has 1 heteroatoms. The summed E-state index contributed by atoms with van der Waals surface area (Å²) in [5.41, 5.74) is 3.21. The topological polar surface area (TPSA) is 3.24 Å². The molecular weight excluding hydrogens is 146 g/mol. The van der Waals surface area contributed by atoms with Crippen molar-refractivity contribution in [2.75, 3.05) is 20.1 Å². The molecule has 2 rings (SSSR count). The quantitative estimate of drug-likeness (QED) is 0.529. The van der Waals surface area contributed by atoms with Crippen LogP contribution >= 0.6 is 0 Å². The fourth-order valence-corrected chi connectivity index (χ4v) is 2.34. The van der Waals surface area contributed by atoms with Gasteiger partial charge in [-0.3, -0.25) is 0 Å². The van der Waals surface area contributed by atoms with Crippen LogP contribution in [-0.2, 0) is 0 Å². The number of nitrogens with zero attached hydrogens (tertiary/aromatic N) is 1. The van der Waals surface area contributed by atoms with Crippen molar-refractivity contribution in [3.05, 3.63) is 23.3 Å². The molecule has 1 atom stereocenters. The highest BCUT2D eigenvalue weighted by Gasteiger charge is 2.22. The van der Waals surface area contributed by atoms with Gasteiger partial charge in [0.2, 0.25) is 0 Å². The van der Waals surface area contributed by atoms with Gasteiger partial charge in [0.15, 0.2) is 0 Å². The second kappa shape index (κ2) is 3.06. The van der Waals surface area contributed by atoms with Crippen LogP contribution in [0.1, 0.15) is 19.8 Å². The lowest BCUT2D eigenvalue weighted by atomic mass is 9.85. The summed E-state index contributed by atoms with van der Waals surface area (Å²) >= 11 is 0. The Bertz CT molecular complexity index is 237. The molecule has 1 unspecified atom stereocenters. The molecular formula is C11H17N. The van der Waals surface area contributed by atoms with Gasteiger partial charge < -0.3 is 4.90 Å². The van der Waals surface area contributed by atoms with Crippen LogP contribution < -0.4 is 0 Å². The molecule has 0 radical (unpaired) electrons. The first kappa shape index (κ1) is 8.06. The van der Waals surface area contributed by atoms with E-state index in [-0.39, 0.29) is 0 Å². The molecule has 0 saturated carbocycles. The van der Waals surface area contributed by atoms with Crippen LogP contribution in [0.5, 0.6) is 0 Å². The Labute approximate surface area is 74.8 Å². The van der Waals surface area contributed by atoms with Gasteiger partial charge in [0.05, 0.1) is 0 Å². The van der Waals surface area contributed by atoms with E-state index in [1.165, 1.54) is 19.4 Å². The molecule has 1 heterocycles. The van der Waals surface area contributed by atoms with Gasteiger partial charge in [0, 0.05) is 13.1 Å². The van der Waals surface area contributed by atoms with Gasteiger partial charge in [0.1, 0.15) is 0 Å². The van der Waals surface area contributed by atoms with Crippen molar-refractivity contribution in [2.24, 2.45) is 5.92 Å². The van der Waals surface area contributed by atoms with Gasteiger partial charge >= 0.3 is 0 Å². The lowest BCUT2D eigenvalue weighted by Gasteiger charge is -2.34. The Morgan fingerprint density at radius 3 is 2.92 bits per heavy atom. The van der Waals surface area contributed by atoms with Crippen molar-refractivity contribution >= 4 is 0 Å². The molecule has 1 fully saturated rings. The SMILES string of the molecule is CC1CN(C)CC2=CCCC=C21. The summed E-state index contributed by atoms with van der Waals surface area (Å²) < 4.78 is 0. The smallest absolute Gasteiger partial charge is 0.0230 e. The van der Waals surface area contributed by atoms with E-state index in [9.17, 15) is 0 Å². The number of fused-ring (bicyclic) bond motifs is 1. The first-order chi connectivity index (χ1) is 5.77. The molecule has 0 aromatic rings. The van der Waals surface area contributed by atoms with Gasteiger partial charge in [-0.1, -0.05) is 19.1 Å². The maximum atomic E-state index is 2.44. The summed E-state index contributed by atoms with van der Waals surface area (Å²) in [6.07, 6.45) is 7.36. The van der Waals surface area contributed by atoms with Crippen LogP contribution in [0.4, 0.5) is 0 Å². The molecule has 2 aliphatic rings. The van der Waals surface area contributed by atoms with Crippen molar-refractivity contribution < 1.29 is 0 Å². The van der Waals surface area contributed by atoms with Crippen LogP contribution in [0.2, 0.25) is 0 Å². The van der Waals surface area contributed by atoms with E-state index in [0.717, 1.165) is 12.5 Å². The lowest BCUT2D eigenvalue weighted by Crippen LogP contribution is -2.34. The van der Waals surface area contributed by atoms with Crippen LogP contribution in [-0.4, -0.2) is 25.0 Å². The van der Waals surface area contributed by atoms with Crippen molar-refractivity contribution in [2.45, 2.75) is 19.8 Å². The van der Waals surface area contributed by atoms with Gasteiger partial charge in [-0.2, -0.15) is 0 Å². The van der Waals surface area contributed by atoms with Crippen LogP contribution in [0, 0.1) is 5.92 Å². The fraction of sp³-hybridized carbons (Fsp3) is 0.636. The number of allylic oxidation sites excluding steroid dienone is 2. The summed E-state index contributed by atoms with van der Waals surface area (Å²) in [5, 5.41) is 0. The predicted octanol–water partition coefficient (Wildman–Crippen LogP) is 2.21. The minimum absolute atomic E-state index is 0.746. The summed E-state index contributed by atoms with van der Waals surface area (Å²) in [5.74, 6) is 0.746. The van der Waals surface area contributed by atoms with E-state index in [0.29, 0.717) is 0 Å². The van der Waals surface area contributed by atoms with Crippen molar-refractivity contribution in [3.8, 4) is 0 Å². The number of likely N-dealkylation sites (tertiary alicyclic amines) is 1. The highest BCUT2D eigenvalue weighted by atomic mass is 15.1. The molecule has 0 aromatic heterocycles. The maximum Gasteiger partial charge on any atom is 0.0230 e. The molecule has 1 nitrogen and oxygen atoms in total. The second-order valence-corrected chi connectivity index (χ2v) is 4.06. The first-order valence-electron chi connectivity index (χ1n) is 4.85. The summed E-state index contributed by atoms with van der Waals surface area (Å²) in [6, 6.07) is 0. The molecule has 12 heavy (non-hydrogen) atoms. The van der Waals surface area contributed by atoms with Crippen molar-refractivity contribution in [1.29, 1.82) is 0 Å². The molecule has 0 spiro atoms. The van der Waals surface area contributed by atoms with E-state index >= 15 is 0 Å². The Morgan fingerprint density at radius 1 is 1.33 bits per heavy atom. The highest BCUT2D eigenvalue weighted by Crippen LogP contribution is 2.30. The monoisotopic (exact) mass is 163 g/mol. The third-order valence-corrected chi connectivity index (χ3v) is 2.85. The molecule has 0 bridgehead atoms. The normalized spacial score (nSPS) is 30.7. The molecule has 0 amide bonds. The average Bonchev–Trinajstić information content (AvgIpc) is 2.04. The largest absolute Gasteiger partial charge is 0.302 e. The average molecular weight is 163 g/mol. The van der Waals surface area contributed by atoms with E-state index in [1.807, 2.05) is 0 Å². The third kappa shape index (κ3) is 1.34. The van der Waals surface area contributed by atoms with E-state index < -0.39 is 0 Å². The fourth-order valence-electron chi connectivity index (χ4n) is 2.34. The Balaban J connectivity index is 2.23. The lowest BCUT2D eigenvalue weighted by molar-refractivity contribution is 0.300. The van der Waals surface area contributed by atoms with Crippen LogP contribution in [0.25, 0.3) is 0 Å². The zero-order chi connectivity index (χ0) is 8.55. The molecule has 1 saturated heterocycles. The Hall–Kier alpha value is -0.560. The van der Waals surface area contributed by atoms with Gasteiger partial charge in [-0.15, -0.1) is 0 Å². The molecule has 0 N–H and O–H groups in total. The third-order valence-electron chi connectivity index (χ3n) is 2.85. The number of rotatable bonds is 0. The Morgan fingerprint density at radius 2 is 2.08 bits per heavy atom. The zero-order valence-corrected chi connectivity index (χ0v) is 8.01. The number of piperidine rings is 1. The zero-order valence-electron chi connectivity index (χ0n) is 8.01. The predicted molar refractivity (Wildman–Crippen MR) is 52.1 cm³/mol. The number of hydrogen-bond donors (Lipinski definition) is 0. The minimum atomic E-state index is 0.746. The van der Waals surface area contributed by atoms with Crippen LogP contribution in [0.3, 0.4) is 0 Å². The summed E-state index contributed by atoms with van der Waals surface area (Å²) in [7, 11) is 2.21. The van der Waals surface area contributed by atoms with Crippen LogP contribution in [0.15, 0.2) is 23.3 Å². The second-order valence-electron chi connectivity index (χ2n) is 4.06. The molecule has 1 aliphatic heterocycles. The standard InChI is InChI=1S/C11H17N/c1-9-7-12(2)8-10-5-3-4-6-11(9)10/h5-6,9H,3-4,7-8H2,1-2H3. The van der Waals surface area contributed by atoms with E-state index in [4.69, 9.17) is 0 Å². The van der Waals surface area contributed by atoms with Gasteiger partial charge in [-0.05, 0) is 37.0 Å². The van der Waals surface area contributed by atoms with Crippen molar-refractivity contribution in [3.63, 3.8) is 0 Å². The van der Waals surface area contributed by atoms with Crippen molar-refractivity contribution in [1.82, 2.24) is 4.90 Å². The van der Waals surface area contributed by atoms with Gasteiger partial charge in [-0.25, -0.2) is 0 Å². The number of likely N-dealkylation sites (N-methyl/N-ethyl adjacent to an activating group) is 1. The number of hydrogen-bond acceptors (Lipinski definition) is 1. The minimum Gasteiger partial charge on any atom is -0.302 e. The maximum absolute atomic E-state index is 2.44. The van der Waals surface area contributed by atoms with Gasteiger partial charge in [0.25, 0.3) is 0 Å². The van der Waals surface area contributed by atoms with E-state index in [2.05, 4.69) is 31.0 Å².